The number of fused-ring (bicyclic) bond motifs is 1. The van der Waals surface area contributed by atoms with E-state index in [9.17, 15) is 13.6 Å². The van der Waals surface area contributed by atoms with E-state index in [2.05, 4.69) is 41.2 Å². The Morgan fingerprint density at radius 2 is 1.71 bits per heavy atom. The minimum absolute atomic E-state index is 0.0776. The first-order valence-corrected chi connectivity index (χ1v) is 11.8. The van der Waals surface area contributed by atoms with E-state index in [-0.39, 0.29) is 24.0 Å². The van der Waals surface area contributed by atoms with E-state index in [1.807, 2.05) is 26.0 Å². The molecule has 182 valence electrons. The molecule has 2 heterocycles. The van der Waals surface area contributed by atoms with Gasteiger partial charge in [-0.3, -0.25) is 9.69 Å². The van der Waals surface area contributed by atoms with Crippen LogP contribution in [0.4, 0.5) is 8.78 Å². The van der Waals surface area contributed by atoms with Gasteiger partial charge < -0.3 is 14.6 Å². The van der Waals surface area contributed by atoms with Crippen molar-refractivity contribution >= 4 is 16.9 Å². The summed E-state index contributed by atoms with van der Waals surface area (Å²) in [5.74, 6) is -2.19. The summed E-state index contributed by atoms with van der Waals surface area (Å²) in [6, 6.07) is 9.78. The standard InChI is InChI=1S/C26H32F2N4O2/c1-16(2)25(32-15-30-23-9-21(27)22(28)10-24(23)32)26(33)29-11-19-5-7-20(8-6-19)14-31-12-17(3)34-18(4)13-31/h5-10,15-18,25H,11-14H2,1-4H3,(H,29,33). The molecule has 4 rings (SSSR count). The number of carbonyl (C=O) groups is 1. The monoisotopic (exact) mass is 470 g/mol. The molecule has 6 nitrogen and oxygen atoms in total. The summed E-state index contributed by atoms with van der Waals surface area (Å²) < 4.78 is 34.8. The van der Waals surface area contributed by atoms with Crippen LogP contribution in [0.25, 0.3) is 11.0 Å². The molecule has 1 N–H and O–H groups in total. The second kappa shape index (κ2) is 10.2. The van der Waals surface area contributed by atoms with Gasteiger partial charge in [0.25, 0.3) is 0 Å². The predicted octanol–water partition coefficient (Wildman–Crippen LogP) is 4.44. The molecule has 1 amide bonds. The quantitative estimate of drug-likeness (QED) is 0.555. The molecule has 8 heteroatoms. The zero-order valence-corrected chi connectivity index (χ0v) is 20.1. The molecule has 1 saturated heterocycles. The van der Waals surface area contributed by atoms with Crippen molar-refractivity contribution in [3.05, 3.63) is 65.5 Å². The molecule has 0 radical (unpaired) electrons. The van der Waals surface area contributed by atoms with E-state index in [0.29, 0.717) is 17.6 Å². The van der Waals surface area contributed by atoms with Crippen molar-refractivity contribution in [2.45, 2.75) is 59.0 Å². The van der Waals surface area contributed by atoms with Gasteiger partial charge in [0.05, 0.1) is 29.6 Å². The van der Waals surface area contributed by atoms with E-state index in [4.69, 9.17) is 4.74 Å². The van der Waals surface area contributed by atoms with Crippen molar-refractivity contribution in [3.63, 3.8) is 0 Å². The number of halogens is 2. The van der Waals surface area contributed by atoms with Gasteiger partial charge in [-0.2, -0.15) is 0 Å². The van der Waals surface area contributed by atoms with Crippen LogP contribution in [0.1, 0.15) is 44.9 Å². The maximum atomic E-state index is 13.8. The first-order valence-electron chi connectivity index (χ1n) is 11.8. The van der Waals surface area contributed by atoms with E-state index in [0.717, 1.165) is 37.3 Å². The second-order valence-corrected chi connectivity index (χ2v) is 9.58. The summed E-state index contributed by atoms with van der Waals surface area (Å²) in [4.78, 5) is 19.6. The van der Waals surface area contributed by atoms with E-state index in [1.54, 1.807) is 4.57 Å². The van der Waals surface area contributed by atoms with Gasteiger partial charge in [-0.05, 0) is 30.9 Å². The molecule has 2 aromatic carbocycles. The van der Waals surface area contributed by atoms with Crippen LogP contribution in [0.2, 0.25) is 0 Å². The van der Waals surface area contributed by atoms with Gasteiger partial charge in [-0.15, -0.1) is 0 Å². The largest absolute Gasteiger partial charge is 0.373 e. The lowest BCUT2D eigenvalue weighted by Crippen LogP contribution is -2.44. The van der Waals surface area contributed by atoms with E-state index < -0.39 is 17.7 Å². The van der Waals surface area contributed by atoms with Gasteiger partial charge in [-0.1, -0.05) is 38.1 Å². The maximum absolute atomic E-state index is 13.8. The molecule has 3 aromatic rings. The summed E-state index contributed by atoms with van der Waals surface area (Å²) in [7, 11) is 0. The number of aromatic nitrogens is 2. The smallest absolute Gasteiger partial charge is 0.243 e. The van der Waals surface area contributed by atoms with Crippen molar-refractivity contribution in [1.82, 2.24) is 19.8 Å². The number of morpholine rings is 1. The van der Waals surface area contributed by atoms with Crippen LogP contribution in [0.5, 0.6) is 0 Å². The number of amides is 1. The zero-order valence-electron chi connectivity index (χ0n) is 20.1. The van der Waals surface area contributed by atoms with Gasteiger partial charge in [-0.25, -0.2) is 13.8 Å². The summed E-state index contributed by atoms with van der Waals surface area (Å²) in [5.41, 5.74) is 2.92. The number of hydrogen-bond acceptors (Lipinski definition) is 4. The number of carbonyl (C=O) groups excluding carboxylic acids is 1. The zero-order chi connectivity index (χ0) is 24.4. The van der Waals surface area contributed by atoms with Gasteiger partial charge in [0, 0.05) is 38.3 Å². The Morgan fingerprint density at radius 1 is 1.09 bits per heavy atom. The average molecular weight is 471 g/mol. The van der Waals surface area contributed by atoms with Gasteiger partial charge in [0.1, 0.15) is 6.04 Å². The van der Waals surface area contributed by atoms with Crippen LogP contribution in [0, 0.1) is 17.6 Å². The third kappa shape index (κ3) is 5.45. The highest BCUT2D eigenvalue weighted by Crippen LogP contribution is 2.26. The van der Waals surface area contributed by atoms with Crippen LogP contribution in [0.15, 0.2) is 42.7 Å². The molecule has 0 aliphatic carbocycles. The Balaban J connectivity index is 1.40. The van der Waals surface area contributed by atoms with Crippen molar-refractivity contribution in [2.75, 3.05) is 13.1 Å². The molecule has 34 heavy (non-hydrogen) atoms. The average Bonchev–Trinajstić information content (AvgIpc) is 3.15. The number of hydrogen-bond donors (Lipinski definition) is 1. The highest BCUT2D eigenvalue weighted by Gasteiger charge is 2.26. The normalized spacial score (nSPS) is 20.1. The number of nitrogens with zero attached hydrogens (tertiary/aromatic N) is 3. The van der Waals surface area contributed by atoms with Crippen LogP contribution >= 0.6 is 0 Å². The Hall–Kier alpha value is -2.84. The number of rotatable bonds is 7. The number of nitrogens with one attached hydrogen (secondary N) is 1. The van der Waals surface area contributed by atoms with Crippen molar-refractivity contribution in [1.29, 1.82) is 0 Å². The van der Waals surface area contributed by atoms with Gasteiger partial charge in [0.15, 0.2) is 11.6 Å². The topological polar surface area (TPSA) is 59.4 Å². The number of ether oxygens (including phenoxy) is 1. The fraction of sp³-hybridized carbons (Fsp3) is 0.462. The Kier molecular flexibility index (Phi) is 7.28. The third-order valence-corrected chi connectivity index (χ3v) is 6.21. The molecule has 0 bridgehead atoms. The third-order valence-electron chi connectivity index (χ3n) is 6.21. The van der Waals surface area contributed by atoms with E-state index >= 15 is 0 Å². The molecule has 1 aromatic heterocycles. The van der Waals surface area contributed by atoms with Crippen molar-refractivity contribution in [2.24, 2.45) is 5.92 Å². The van der Waals surface area contributed by atoms with Gasteiger partial charge in [0.2, 0.25) is 5.91 Å². The summed E-state index contributed by atoms with van der Waals surface area (Å²) in [6.45, 7) is 11.1. The summed E-state index contributed by atoms with van der Waals surface area (Å²) >= 11 is 0. The fourth-order valence-electron chi connectivity index (χ4n) is 4.72. The first kappa shape index (κ1) is 24.3. The molecule has 0 saturated carbocycles. The minimum atomic E-state index is -0.960. The van der Waals surface area contributed by atoms with Crippen LogP contribution in [0.3, 0.4) is 0 Å². The lowest BCUT2D eigenvalue weighted by atomic mass is 10.0. The van der Waals surface area contributed by atoms with Crippen molar-refractivity contribution in [3.8, 4) is 0 Å². The fourth-order valence-corrected chi connectivity index (χ4v) is 4.72. The molecular weight excluding hydrogens is 438 g/mol. The van der Waals surface area contributed by atoms with Gasteiger partial charge >= 0.3 is 0 Å². The SMILES string of the molecule is CC1CN(Cc2ccc(CNC(=O)C(C(C)C)n3cnc4cc(F)c(F)cc43)cc2)CC(C)O1. The Labute approximate surface area is 198 Å². The number of imidazole rings is 1. The summed E-state index contributed by atoms with van der Waals surface area (Å²) in [5, 5.41) is 2.99. The maximum Gasteiger partial charge on any atom is 0.243 e. The highest BCUT2D eigenvalue weighted by atomic mass is 19.2. The number of benzene rings is 2. The Morgan fingerprint density at radius 3 is 2.35 bits per heavy atom. The summed E-state index contributed by atoms with van der Waals surface area (Å²) in [6.07, 6.45) is 1.93. The lowest BCUT2D eigenvalue weighted by molar-refractivity contribution is -0.125. The molecule has 3 unspecified atom stereocenters. The molecule has 3 atom stereocenters. The highest BCUT2D eigenvalue weighted by molar-refractivity contribution is 5.84. The van der Waals surface area contributed by atoms with Crippen LogP contribution in [-0.2, 0) is 22.6 Å². The Bertz CT molecular complexity index is 1140. The molecular formula is C26H32F2N4O2. The second-order valence-electron chi connectivity index (χ2n) is 9.58. The first-order chi connectivity index (χ1) is 16.2. The lowest BCUT2D eigenvalue weighted by Gasteiger charge is -2.35. The molecule has 1 aliphatic rings. The molecule has 1 fully saturated rings. The molecule has 1 aliphatic heterocycles. The van der Waals surface area contributed by atoms with E-state index in [1.165, 1.54) is 11.9 Å². The van der Waals surface area contributed by atoms with Crippen molar-refractivity contribution < 1.29 is 18.3 Å². The van der Waals surface area contributed by atoms with Crippen LogP contribution in [-0.4, -0.2) is 45.7 Å². The minimum Gasteiger partial charge on any atom is -0.373 e. The predicted molar refractivity (Wildman–Crippen MR) is 127 cm³/mol. The van der Waals surface area contributed by atoms with Crippen LogP contribution < -0.4 is 5.32 Å². The molecule has 0 spiro atoms.